The van der Waals surface area contributed by atoms with Crippen LogP contribution < -0.4 is 13.9 Å². The first-order valence-corrected chi connectivity index (χ1v) is 29.2. The Bertz CT molecular complexity index is 2670. The summed E-state index contributed by atoms with van der Waals surface area (Å²) in [5, 5.41) is 8.28. The van der Waals surface area contributed by atoms with E-state index in [0.717, 1.165) is 82.2 Å². The van der Waals surface area contributed by atoms with Crippen LogP contribution in [-0.2, 0) is 41.5 Å². The minimum absolute atomic E-state index is 0.0394. The maximum absolute atomic E-state index is 14.9. The van der Waals surface area contributed by atoms with Crippen molar-refractivity contribution in [1.29, 1.82) is 0 Å². The molecule has 18 heteroatoms. The molecule has 16 nitrogen and oxygen atoms in total. The number of fused-ring (bicyclic) bond motifs is 6. The van der Waals surface area contributed by atoms with Crippen LogP contribution in [0.5, 0.6) is 0 Å². The number of amides is 2. The van der Waals surface area contributed by atoms with E-state index in [1.54, 1.807) is 13.3 Å². The van der Waals surface area contributed by atoms with Gasteiger partial charge in [-0.2, -0.15) is 0 Å². The number of piperazine rings is 1. The van der Waals surface area contributed by atoms with Crippen molar-refractivity contribution >= 4 is 63.8 Å². The number of carbonyl (C=O) groups is 3. The summed E-state index contributed by atoms with van der Waals surface area (Å²) in [6.45, 7) is 17.9. The Morgan fingerprint density at radius 2 is 1.89 bits per heavy atom. The fourth-order valence-electron chi connectivity index (χ4n) is 9.82. The number of nitrogens with zero attached hydrogens (tertiary/aromatic N) is 7. The number of methoxy groups -OCH3 is 1. The molecule has 6 bridgehead atoms. The fourth-order valence-corrected chi connectivity index (χ4v) is 14.4. The monoisotopic (exact) mass is 1090 g/mol. The second-order valence-electron chi connectivity index (χ2n) is 19.9. The Kier molecular flexibility index (Phi) is 15.6. The second-order valence-corrected chi connectivity index (χ2v) is 25.3. The molecule has 4 aliphatic rings. The number of cyclic esters (lactones) is 1. The molecule has 3 fully saturated rings. The zero-order chi connectivity index (χ0) is 49.3. The van der Waals surface area contributed by atoms with E-state index in [0.29, 0.717) is 48.4 Å². The number of anilines is 1. The van der Waals surface area contributed by atoms with Crippen molar-refractivity contribution in [3.8, 4) is 22.5 Å². The summed E-state index contributed by atoms with van der Waals surface area (Å²) in [5.41, 5.74) is 8.00. The van der Waals surface area contributed by atoms with Gasteiger partial charge in [-0.05, 0) is 20.9 Å². The number of thiazole rings is 1. The number of ether oxygens (including phenoxy) is 4. The zero-order valence-electron chi connectivity index (χ0n) is 41.7. The Hall–Kier alpha value is -4.57. The molecule has 5 atom stereocenters. The van der Waals surface area contributed by atoms with Crippen molar-refractivity contribution in [2.75, 3.05) is 76.0 Å². The summed E-state index contributed by atoms with van der Waals surface area (Å²) >= 11 is -1.36. The van der Waals surface area contributed by atoms with Crippen LogP contribution in [0.4, 0.5) is 10.5 Å². The van der Waals surface area contributed by atoms with E-state index in [9.17, 15) is 14.4 Å². The van der Waals surface area contributed by atoms with Crippen LogP contribution in [0.1, 0.15) is 94.5 Å². The Balaban J connectivity index is 1.19. The van der Waals surface area contributed by atoms with Gasteiger partial charge in [0.05, 0.1) is 0 Å². The standard InChI is InChI=1S/C52H68IN9O7S/c1-9-67-47-45(57-48(63)38-27-36(38)41-13-10-11-17-54-41)50(64)62-18-12-16-53(58-62)51(65)69-31-52(5,6)28-40-37-25-34(42-30-70-49(47)56-42)14-15-43(37)61(23-24-68-32(2)3)46(40)39-26-35(29-55-44(39)33(4)66-8)60-21-19-59(7)20-22-60/h10-11,13-15,17,25-26,29-30,32-33,36,38,45,47,58H,9,12,16,18-24,27-28,31H2,1-8H3,(H,57,63)/t33-,36+,38+,45-,47-/m0/s1. The number of rotatable bonds is 13. The number of nitrogens with one attached hydrogen (secondary N) is 2. The summed E-state index contributed by atoms with van der Waals surface area (Å²) in [6, 6.07) is 13.4. The summed E-state index contributed by atoms with van der Waals surface area (Å²) < 4.78 is 31.2. The number of halogens is 1. The number of carbonyl (C=O) groups excluding carboxylic acids is 3. The maximum atomic E-state index is 14.9. The van der Waals surface area contributed by atoms with Gasteiger partial charge >= 0.3 is 386 Å². The van der Waals surface area contributed by atoms with E-state index in [1.807, 2.05) is 43.6 Å². The van der Waals surface area contributed by atoms with Crippen molar-refractivity contribution in [3.05, 3.63) is 82.2 Å². The molecule has 0 spiro atoms. The number of aromatic nitrogens is 4. The van der Waals surface area contributed by atoms with Gasteiger partial charge in [0.2, 0.25) is 0 Å². The molecule has 2 amide bonds. The normalized spacial score (nSPS) is 23.1. The fraction of sp³-hybridized carbons (Fsp3) is 0.538. The molecule has 3 aliphatic heterocycles. The summed E-state index contributed by atoms with van der Waals surface area (Å²) in [7, 11) is 3.89. The number of benzene rings is 1. The van der Waals surface area contributed by atoms with Gasteiger partial charge in [-0.1, -0.05) is 0 Å². The average Bonchev–Trinajstić information content (AvgIpc) is 3.93. The van der Waals surface area contributed by atoms with Crippen LogP contribution in [-0.4, -0.2) is 128 Å². The number of hydrogen-bond donors (Lipinski definition) is 2. The summed E-state index contributed by atoms with van der Waals surface area (Å²) in [6.07, 6.45) is 4.38. The van der Waals surface area contributed by atoms with Gasteiger partial charge in [0.15, 0.2) is 0 Å². The molecule has 5 aromatic rings. The topological polar surface area (TPSA) is 166 Å². The molecule has 1 aromatic carbocycles. The van der Waals surface area contributed by atoms with Crippen LogP contribution in [0.3, 0.4) is 0 Å². The Morgan fingerprint density at radius 1 is 1.07 bits per heavy atom. The zero-order valence-corrected chi connectivity index (χ0v) is 44.7. The molecule has 1 aliphatic carbocycles. The molecular weight excluding hydrogens is 1020 g/mol. The van der Waals surface area contributed by atoms with Gasteiger partial charge in [0.1, 0.15) is 0 Å². The van der Waals surface area contributed by atoms with E-state index in [1.165, 1.54) is 16.3 Å². The molecule has 1 saturated carbocycles. The van der Waals surface area contributed by atoms with Gasteiger partial charge in [0, 0.05) is 13.1 Å². The quantitative estimate of drug-likeness (QED) is 0.0501. The van der Waals surface area contributed by atoms with Crippen LogP contribution >= 0.6 is 31.4 Å². The molecular formula is C52H68IN9O7S. The molecule has 0 unspecified atom stereocenters. The number of alkyl halides is 1. The van der Waals surface area contributed by atoms with Crippen LogP contribution in [0, 0.1) is 11.3 Å². The van der Waals surface area contributed by atoms with Crippen molar-refractivity contribution < 1.29 is 33.3 Å². The summed E-state index contributed by atoms with van der Waals surface area (Å²) in [4.78, 5) is 63.0. The number of hydrogen-bond acceptors (Lipinski definition) is 14. The third kappa shape index (κ3) is 10.9. The first-order valence-electron chi connectivity index (χ1n) is 24.7. The molecule has 2 N–H and O–H groups in total. The van der Waals surface area contributed by atoms with Crippen molar-refractivity contribution in [3.63, 3.8) is 0 Å². The predicted molar refractivity (Wildman–Crippen MR) is 281 cm³/mol. The first kappa shape index (κ1) is 50.4. The van der Waals surface area contributed by atoms with Gasteiger partial charge in [-0.25, -0.2) is 0 Å². The van der Waals surface area contributed by atoms with Crippen molar-refractivity contribution in [2.24, 2.45) is 11.3 Å². The Labute approximate surface area is 422 Å². The Morgan fingerprint density at radius 3 is 2.63 bits per heavy atom. The first-order chi connectivity index (χ1) is 33.7. The van der Waals surface area contributed by atoms with E-state index in [4.69, 9.17) is 28.9 Å². The van der Waals surface area contributed by atoms with Gasteiger partial charge in [0.25, 0.3) is 0 Å². The molecule has 9 rings (SSSR count). The molecule has 0 radical (unpaired) electrons. The second kappa shape index (κ2) is 21.6. The van der Waals surface area contributed by atoms with E-state index in [2.05, 4.69) is 87.3 Å². The van der Waals surface area contributed by atoms with Crippen molar-refractivity contribution in [1.82, 2.24) is 38.4 Å². The van der Waals surface area contributed by atoms with Crippen LogP contribution in [0.15, 0.2) is 60.2 Å². The summed E-state index contributed by atoms with van der Waals surface area (Å²) in [5.74, 6) is -0.988. The van der Waals surface area contributed by atoms with Gasteiger partial charge in [-0.15, -0.1) is 0 Å². The van der Waals surface area contributed by atoms with Crippen LogP contribution in [0.2, 0.25) is 0 Å². The van der Waals surface area contributed by atoms with E-state index in [-0.39, 0.29) is 53.0 Å². The van der Waals surface area contributed by atoms with E-state index < -0.39 is 37.7 Å². The predicted octanol–water partition coefficient (Wildman–Crippen LogP) is 8.35. The molecule has 2 saturated heterocycles. The number of hydrazine groups is 1. The van der Waals surface area contributed by atoms with E-state index >= 15 is 0 Å². The molecule has 376 valence electrons. The minimum atomic E-state index is -2.76. The average molecular weight is 1090 g/mol. The SMILES string of the molecule is CCO[C@@H]1c2nc(cs2)-c2ccc3c(c2)c(c(-c2cc(N4CCN(C)CC4)cnc2[C@H](C)OC)n3CCOC(C)C)CC(C)(C)COC(=O)I2CCCN(N2)C(=O)[C@H]1NC(=O)[C@@H]1C[C@H]1c1ccccn1. The van der Waals surface area contributed by atoms with Gasteiger partial charge < -0.3 is 4.90 Å². The number of pyridine rings is 2. The molecule has 7 heterocycles. The third-order valence-electron chi connectivity index (χ3n) is 13.8. The van der Waals surface area contributed by atoms with Gasteiger partial charge in [-0.3, -0.25) is 0 Å². The third-order valence-corrected chi connectivity index (χ3v) is 19.0. The molecule has 70 heavy (non-hydrogen) atoms. The van der Waals surface area contributed by atoms with Crippen LogP contribution in [0.25, 0.3) is 33.4 Å². The number of likely N-dealkylation sites (N-methyl/N-ethyl adjacent to an activating group) is 1. The van der Waals surface area contributed by atoms with Crippen molar-refractivity contribution in [2.45, 2.75) is 97.6 Å². The molecule has 4 aromatic heterocycles.